The van der Waals surface area contributed by atoms with Crippen LogP contribution in [-0.2, 0) is 24.3 Å². The lowest BCUT2D eigenvalue weighted by atomic mass is 10.1. The first-order valence-corrected chi connectivity index (χ1v) is 10.8. The van der Waals surface area contributed by atoms with E-state index in [1.165, 1.54) is 5.56 Å². The molecule has 0 atom stereocenters. The standard InChI is InChI=1S/C22H20N2O2S2/c1-16-5-2-6-17(11-16)22-23-18(15-28-22)12-21(25)24(13-19-7-3-9-26-19)14-20-8-4-10-27-20/h2-11,15H,12-14H2,1H3. The average molecular weight is 409 g/mol. The van der Waals surface area contributed by atoms with Crippen molar-refractivity contribution in [1.82, 2.24) is 9.88 Å². The Bertz CT molecular complexity index is 1000. The van der Waals surface area contributed by atoms with E-state index in [1.807, 2.05) is 46.0 Å². The fourth-order valence-electron chi connectivity index (χ4n) is 2.98. The number of rotatable bonds is 7. The summed E-state index contributed by atoms with van der Waals surface area (Å²) in [6, 6.07) is 16.1. The third kappa shape index (κ3) is 4.58. The van der Waals surface area contributed by atoms with Crippen LogP contribution in [0.4, 0.5) is 0 Å². The highest BCUT2D eigenvalue weighted by molar-refractivity contribution is 7.13. The van der Waals surface area contributed by atoms with Gasteiger partial charge in [0.1, 0.15) is 10.8 Å². The number of amides is 1. The molecule has 1 amide bonds. The van der Waals surface area contributed by atoms with Crippen molar-refractivity contribution in [3.05, 3.63) is 87.4 Å². The van der Waals surface area contributed by atoms with E-state index in [0.717, 1.165) is 26.9 Å². The summed E-state index contributed by atoms with van der Waals surface area (Å²) in [4.78, 5) is 20.7. The molecule has 0 radical (unpaired) electrons. The molecule has 0 aliphatic rings. The summed E-state index contributed by atoms with van der Waals surface area (Å²) in [5, 5.41) is 4.95. The van der Waals surface area contributed by atoms with E-state index in [4.69, 9.17) is 4.42 Å². The second-order valence-electron chi connectivity index (χ2n) is 6.60. The molecule has 3 heterocycles. The van der Waals surface area contributed by atoms with Crippen LogP contribution in [0, 0.1) is 6.92 Å². The first-order chi connectivity index (χ1) is 13.7. The van der Waals surface area contributed by atoms with E-state index in [2.05, 4.69) is 30.1 Å². The van der Waals surface area contributed by atoms with Gasteiger partial charge in [-0.05, 0) is 36.6 Å². The van der Waals surface area contributed by atoms with Crippen molar-refractivity contribution in [2.45, 2.75) is 26.4 Å². The molecule has 142 valence electrons. The Hall–Kier alpha value is -2.70. The highest BCUT2D eigenvalue weighted by Crippen LogP contribution is 2.25. The van der Waals surface area contributed by atoms with Crippen molar-refractivity contribution in [1.29, 1.82) is 0 Å². The Morgan fingerprint density at radius 3 is 2.79 bits per heavy atom. The summed E-state index contributed by atoms with van der Waals surface area (Å²) >= 11 is 3.23. The van der Waals surface area contributed by atoms with Crippen LogP contribution in [0.3, 0.4) is 0 Å². The molecule has 0 saturated heterocycles. The lowest BCUT2D eigenvalue weighted by Gasteiger charge is -2.20. The minimum Gasteiger partial charge on any atom is -0.467 e. The van der Waals surface area contributed by atoms with Gasteiger partial charge in [-0.15, -0.1) is 22.7 Å². The van der Waals surface area contributed by atoms with Crippen LogP contribution in [0.15, 0.2) is 70.0 Å². The molecule has 0 bridgehead atoms. The number of aromatic nitrogens is 1. The highest BCUT2D eigenvalue weighted by Gasteiger charge is 2.18. The van der Waals surface area contributed by atoms with Crippen LogP contribution in [0.25, 0.3) is 10.6 Å². The SMILES string of the molecule is Cc1cccc(-c2nc(CC(=O)N(Cc3ccco3)Cc3cccs3)cs2)c1. The molecule has 28 heavy (non-hydrogen) atoms. The van der Waals surface area contributed by atoms with Crippen LogP contribution in [0.2, 0.25) is 0 Å². The molecule has 0 N–H and O–H groups in total. The van der Waals surface area contributed by atoms with Gasteiger partial charge >= 0.3 is 0 Å². The fourth-order valence-corrected chi connectivity index (χ4v) is 4.52. The van der Waals surface area contributed by atoms with E-state index in [1.54, 1.807) is 28.9 Å². The lowest BCUT2D eigenvalue weighted by molar-refractivity contribution is -0.132. The second-order valence-corrected chi connectivity index (χ2v) is 8.49. The maximum Gasteiger partial charge on any atom is 0.229 e. The number of thiophene rings is 1. The average Bonchev–Trinajstić information content (AvgIpc) is 3.44. The topological polar surface area (TPSA) is 46.3 Å². The smallest absolute Gasteiger partial charge is 0.229 e. The summed E-state index contributed by atoms with van der Waals surface area (Å²) in [5.41, 5.74) is 3.10. The van der Waals surface area contributed by atoms with E-state index >= 15 is 0 Å². The second kappa shape index (κ2) is 8.54. The molecule has 0 aliphatic heterocycles. The predicted octanol–water partition coefficient (Wildman–Crippen LogP) is 5.54. The van der Waals surface area contributed by atoms with E-state index in [0.29, 0.717) is 13.1 Å². The molecule has 0 aliphatic carbocycles. The van der Waals surface area contributed by atoms with Gasteiger partial charge in [0, 0.05) is 15.8 Å². The van der Waals surface area contributed by atoms with E-state index in [9.17, 15) is 4.79 Å². The molecule has 0 saturated carbocycles. The maximum atomic E-state index is 13.0. The molecular weight excluding hydrogens is 388 g/mol. The number of nitrogens with zero attached hydrogens (tertiary/aromatic N) is 2. The van der Waals surface area contributed by atoms with Crippen LogP contribution in [0.5, 0.6) is 0 Å². The quantitative estimate of drug-likeness (QED) is 0.403. The third-order valence-corrected chi connectivity index (χ3v) is 6.16. The van der Waals surface area contributed by atoms with Crippen LogP contribution < -0.4 is 0 Å². The number of benzene rings is 1. The molecule has 3 aromatic heterocycles. The molecule has 4 rings (SSSR count). The summed E-state index contributed by atoms with van der Waals surface area (Å²) in [6.07, 6.45) is 1.92. The normalized spacial score (nSPS) is 10.9. The number of carbonyl (C=O) groups excluding carboxylic acids is 1. The number of hydrogen-bond donors (Lipinski definition) is 0. The zero-order valence-corrected chi connectivity index (χ0v) is 17.1. The van der Waals surface area contributed by atoms with Crippen molar-refractivity contribution in [3.63, 3.8) is 0 Å². The van der Waals surface area contributed by atoms with Gasteiger partial charge in [0.05, 0.1) is 31.5 Å². The van der Waals surface area contributed by atoms with Crippen molar-refractivity contribution in [3.8, 4) is 10.6 Å². The molecule has 4 nitrogen and oxygen atoms in total. The summed E-state index contributed by atoms with van der Waals surface area (Å²) in [5.74, 6) is 0.828. The zero-order chi connectivity index (χ0) is 19.3. The number of furan rings is 1. The number of carbonyl (C=O) groups is 1. The lowest BCUT2D eigenvalue weighted by Crippen LogP contribution is -2.31. The van der Waals surface area contributed by atoms with Crippen LogP contribution in [0.1, 0.15) is 21.9 Å². The number of hydrogen-bond acceptors (Lipinski definition) is 5. The highest BCUT2D eigenvalue weighted by atomic mass is 32.1. The van der Waals surface area contributed by atoms with Crippen molar-refractivity contribution in [2.24, 2.45) is 0 Å². The Balaban J connectivity index is 1.49. The first kappa shape index (κ1) is 18.7. The molecule has 0 unspecified atom stereocenters. The van der Waals surface area contributed by atoms with Gasteiger partial charge < -0.3 is 9.32 Å². The molecule has 6 heteroatoms. The van der Waals surface area contributed by atoms with Gasteiger partial charge in [0.15, 0.2) is 0 Å². The Kier molecular flexibility index (Phi) is 5.69. The third-order valence-electron chi connectivity index (χ3n) is 4.36. The predicted molar refractivity (Wildman–Crippen MR) is 113 cm³/mol. The summed E-state index contributed by atoms with van der Waals surface area (Å²) < 4.78 is 5.45. The maximum absolute atomic E-state index is 13.0. The fraction of sp³-hybridized carbons (Fsp3) is 0.182. The summed E-state index contributed by atoms with van der Waals surface area (Å²) in [6.45, 7) is 3.10. The Morgan fingerprint density at radius 2 is 2.04 bits per heavy atom. The molecule has 1 aromatic carbocycles. The van der Waals surface area contributed by atoms with E-state index < -0.39 is 0 Å². The minimum absolute atomic E-state index is 0.0471. The zero-order valence-electron chi connectivity index (χ0n) is 15.5. The molecule has 0 spiro atoms. The largest absolute Gasteiger partial charge is 0.467 e. The monoisotopic (exact) mass is 408 g/mol. The van der Waals surface area contributed by atoms with Gasteiger partial charge in [-0.1, -0.05) is 29.8 Å². The van der Waals surface area contributed by atoms with Gasteiger partial charge in [0.25, 0.3) is 0 Å². The van der Waals surface area contributed by atoms with Gasteiger partial charge in [0.2, 0.25) is 5.91 Å². The minimum atomic E-state index is 0.0471. The van der Waals surface area contributed by atoms with Gasteiger partial charge in [-0.3, -0.25) is 4.79 Å². The number of thiazole rings is 1. The van der Waals surface area contributed by atoms with Crippen LogP contribution in [-0.4, -0.2) is 15.8 Å². The number of aryl methyl sites for hydroxylation is 1. The van der Waals surface area contributed by atoms with Crippen molar-refractivity contribution >= 4 is 28.6 Å². The molecule has 0 fully saturated rings. The van der Waals surface area contributed by atoms with Gasteiger partial charge in [-0.2, -0.15) is 0 Å². The van der Waals surface area contributed by atoms with Crippen molar-refractivity contribution < 1.29 is 9.21 Å². The Morgan fingerprint density at radius 1 is 1.11 bits per heavy atom. The Labute approximate surface area is 172 Å². The first-order valence-electron chi connectivity index (χ1n) is 9.01. The van der Waals surface area contributed by atoms with Gasteiger partial charge in [-0.25, -0.2) is 4.98 Å². The molecule has 4 aromatic rings. The summed E-state index contributed by atoms with van der Waals surface area (Å²) in [7, 11) is 0. The molecular formula is C22H20N2O2S2. The van der Waals surface area contributed by atoms with E-state index in [-0.39, 0.29) is 12.3 Å². The van der Waals surface area contributed by atoms with Crippen LogP contribution >= 0.6 is 22.7 Å². The van der Waals surface area contributed by atoms with Crippen molar-refractivity contribution in [2.75, 3.05) is 0 Å².